The number of amides is 1. The van der Waals surface area contributed by atoms with Crippen molar-refractivity contribution < 1.29 is 28.6 Å². The number of benzene rings is 3. The van der Waals surface area contributed by atoms with E-state index in [1.165, 1.54) is 49.2 Å². The van der Waals surface area contributed by atoms with Gasteiger partial charge in [0.25, 0.3) is 5.91 Å². The summed E-state index contributed by atoms with van der Waals surface area (Å²) in [5.41, 5.74) is 2.14. The third kappa shape index (κ3) is 5.62. The monoisotopic (exact) mass is 478 g/mol. The Balaban J connectivity index is 1.47. The van der Waals surface area contributed by atoms with E-state index in [2.05, 4.69) is 10.3 Å². The standard InChI is InChI=1S/C25H19FN2O5S/c1-32-21-12-15(5-10-20(21)33-14-16-3-2-4-17(11-16)24(30)31)13-22-23(29)28-25(34-22)27-19-8-6-18(26)7-9-19/h2-13H,14H2,1H3,(H,30,31)(H,27,28,29)/b22-13-. The molecular weight excluding hydrogens is 459 g/mol. The lowest BCUT2D eigenvalue weighted by Crippen LogP contribution is -2.19. The summed E-state index contributed by atoms with van der Waals surface area (Å²) in [7, 11) is 1.51. The molecule has 9 heteroatoms. The minimum atomic E-state index is -1.00. The second-order valence-electron chi connectivity index (χ2n) is 7.16. The Bertz CT molecular complexity index is 1300. The zero-order valence-corrected chi connectivity index (χ0v) is 18.8. The third-order valence-electron chi connectivity index (χ3n) is 4.76. The maximum atomic E-state index is 13.1. The van der Waals surface area contributed by atoms with Gasteiger partial charge in [0.15, 0.2) is 16.7 Å². The van der Waals surface area contributed by atoms with E-state index in [9.17, 15) is 14.0 Å². The molecule has 34 heavy (non-hydrogen) atoms. The number of nitrogens with zero attached hydrogens (tertiary/aromatic N) is 1. The van der Waals surface area contributed by atoms with E-state index in [1.54, 1.807) is 42.5 Å². The van der Waals surface area contributed by atoms with E-state index in [0.717, 1.165) is 5.56 Å². The number of carbonyl (C=O) groups is 2. The van der Waals surface area contributed by atoms with Crippen molar-refractivity contribution in [2.75, 3.05) is 7.11 Å². The van der Waals surface area contributed by atoms with Crippen molar-refractivity contribution in [1.29, 1.82) is 0 Å². The Kier molecular flexibility index (Phi) is 6.93. The van der Waals surface area contributed by atoms with Crippen molar-refractivity contribution in [3.05, 3.63) is 94.1 Å². The Hall–Kier alpha value is -4.11. The number of thioether (sulfide) groups is 1. The highest BCUT2D eigenvalue weighted by molar-refractivity contribution is 8.18. The van der Waals surface area contributed by atoms with E-state index in [0.29, 0.717) is 32.8 Å². The topological polar surface area (TPSA) is 97.2 Å². The van der Waals surface area contributed by atoms with Gasteiger partial charge in [-0.1, -0.05) is 18.2 Å². The van der Waals surface area contributed by atoms with Crippen molar-refractivity contribution in [2.45, 2.75) is 6.61 Å². The van der Waals surface area contributed by atoms with E-state index in [-0.39, 0.29) is 23.9 Å². The zero-order valence-electron chi connectivity index (χ0n) is 17.9. The van der Waals surface area contributed by atoms with E-state index in [1.807, 2.05) is 0 Å². The van der Waals surface area contributed by atoms with Gasteiger partial charge in [-0.2, -0.15) is 0 Å². The van der Waals surface area contributed by atoms with Gasteiger partial charge in [-0.25, -0.2) is 14.2 Å². The van der Waals surface area contributed by atoms with Crippen molar-refractivity contribution in [3.8, 4) is 11.5 Å². The second kappa shape index (κ2) is 10.2. The van der Waals surface area contributed by atoms with Crippen LogP contribution in [0.5, 0.6) is 11.5 Å². The van der Waals surface area contributed by atoms with Crippen molar-refractivity contribution in [1.82, 2.24) is 5.32 Å². The molecule has 1 saturated heterocycles. The highest BCUT2D eigenvalue weighted by Crippen LogP contribution is 2.32. The molecular formula is C25H19FN2O5S. The summed E-state index contributed by atoms with van der Waals surface area (Å²) in [4.78, 5) is 28.3. The number of halogens is 1. The van der Waals surface area contributed by atoms with Gasteiger partial charge >= 0.3 is 5.97 Å². The maximum Gasteiger partial charge on any atom is 0.335 e. The first kappa shape index (κ1) is 23.1. The van der Waals surface area contributed by atoms with Gasteiger partial charge in [0.2, 0.25) is 0 Å². The number of ether oxygens (including phenoxy) is 2. The van der Waals surface area contributed by atoms with Crippen LogP contribution in [0.25, 0.3) is 6.08 Å². The normalized spacial score (nSPS) is 15.4. The summed E-state index contributed by atoms with van der Waals surface area (Å²) in [6.45, 7) is 0.166. The Morgan fingerprint density at radius 2 is 1.91 bits per heavy atom. The number of carboxylic acids is 1. The van der Waals surface area contributed by atoms with Gasteiger partial charge < -0.3 is 19.9 Å². The van der Waals surface area contributed by atoms with Gasteiger partial charge in [0, 0.05) is 0 Å². The fraction of sp³-hybridized carbons (Fsp3) is 0.0800. The minimum absolute atomic E-state index is 0.166. The number of methoxy groups -OCH3 is 1. The van der Waals surface area contributed by atoms with Crippen LogP contribution in [-0.4, -0.2) is 29.3 Å². The van der Waals surface area contributed by atoms with Crippen LogP contribution in [0.4, 0.5) is 10.1 Å². The lowest BCUT2D eigenvalue weighted by molar-refractivity contribution is -0.115. The number of aromatic carboxylic acids is 1. The minimum Gasteiger partial charge on any atom is -0.493 e. The van der Waals surface area contributed by atoms with Gasteiger partial charge in [0.05, 0.1) is 23.3 Å². The summed E-state index contributed by atoms with van der Waals surface area (Å²) < 4.78 is 24.3. The van der Waals surface area contributed by atoms with E-state index in [4.69, 9.17) is 14.6 Å². The zero-order chi connectivity index (χ0) is 24.1. The molecule has 4 rings (SSSR count). The largest absolute Gasteiger partial charge is 0.493 e. The summed E-state index contributed by atoms with van der Waals surface area (Å²) in [5, 5.41) is 12.2. The number of carbonyl (C=O) groups excluding carboxylic acids is 1. The molecule has 3 aromatic carbocycles. The maximum absolute atomic E-state index is 13.1. The number of rotatable bonds is 7. The van der Waals surface area contributed by atoms with Crippen LogP contribution in [-0.2, 0) is 11.4 Å². The third-order valence-corrected chi connectivity index (χ3v) is 5.67. The molecule has 0 unspecified atom stereocenters. The molecule has 1 amide bonds. The van der Waals surface area contributed by atoms with Gasteiger partial charge in [-0.15, -0.1) is 0 Å². The molecule has 1 fully saturated rings. The van der Waals surface area contributed by atoms with Crippen LogP contribution in [0, 0.1) is 5.82 Å². The van der Waals surface area contributed by atoms with Gasteiger partial charge in [0.1, 0.15) is 12.4 Å². The first-order chi connectivity index (χ1) is 16.4. The molecule has 0 aromatic heterocycles. The van der Waals surface area contributed by atoms with Crippen LogP contribution >= 0.6 is 11.8 Å². The Morgan fingerprint density at radius 3 is 2.65 bits per heavy atom. The first-order valence-corrected chi connectivity index (χ1v) is 10.9. The van der Waals surface area contributed by atoms with E-state index >= 15 is 0 Å². The fourth-order valence-corrected chi connectivity index (χ4v) is 3.96. The molecule has 1 heterocycles. The molecule has 0 spiro atoms. The highest BCUT2D eigenvalue weighted by Gasteiger charge is 2.24. The van der Waals surface area contributed by atoms with Crippen LogP contribution in [0.15, 0.2) is 76.6 Å². The molecule has 0 atom stereocenters. The SMILES string of the molecule is COc1cc(/C=C2\SC(=Nc3ccc(F)cc3)NC2=O)ccc1OCc1cccc(C(=O)O)c1. The predicted octanol–water partition coefficient (Wildman–Crippen LogP) is 5.00. The Morgan fingerprint density at radius 1 is 1.12 bits per heavy atom. The summed E-state index contributed by atoms with van der Waals surface area (Å²) >= 11 is 1.18. The predicted molar refractivity (Wildman–Crippen MR) is 128 cm³/mol. The number of nitrogens with one attached hydrogen (secondary N) is 1. The molecule has 0 saturated carbocycles. The highest BCUT2D eigenvalue weighted by atomic mass is 32.2. The lowest BCUT2D eigenvalue weighted by atomic mass is 10.1. The molecule has 172 valence electrons. The summed E-state index contributed by atoms with van der Waals surface area (Å²) in [6, 6.07) is 17.4. The smallest absolute Gasteiger partial charge is 0.335 e. The number of aliphatic imine (C=N–C) groups is 1. The molecule has 1 aliphatic rings. The molecule has 0 radical (unpaired) electrons. The van der Waals surface area contributed by atoms with E-state index < -0.39 is 5.97 Å². The van der Waals surface area contributed by atoms with Gasteiger partial charge in [-0.3, -0.25) is 4.79 Å². The summed E-state index contributed by atoms with van der Waals surface area (Å²) in [5.74, 6) is -0.706. The fourth-order valence-electron chi connectivity index (χ4n) is 3.11. The average molecular weight is 479 g/mol. The molecule has 7 nitrogen and oxygen atoms in total. The summed E-state index contributed by atoms with van der Waals surface area (Å²) in [6.07, 6.45) is 1.70. The molecule has 3 aromatic rings. The number of hydrogen-bond acceptors (Lipinski definition) is 6. The number of carboxylic acid groups (broad SMARTS) is 1. The lowest BCUT2D eigenvalue weighted by Gasteiger charge is -2.12. The van der Waals surface area contributed by atoms with Crippen molar-refractivity contribution >= 4 is 40.6 Å². The van der Waals surface area contributed by atoms with Crippen molar-refractivity contribution in [2.24, 2.45) is 4.99 Å². The molecule has 0 bridgehead atoms. The number of amidine groups is 1. The van der Waals surface area contributed by atoms with Crippen LogP contribution in [0.2, 0.25) is 0 Å². The van der Waals surface area contributed by atoms with Crippen LogP contribution in [0.3, 0.4) is 0 Å². The number of hydrogen-bond donors (Lipinski definition) is 2. The quantitative estimate of drug-likeness (QED) is 0.464. The van der Waals surface area contributed by atoms with Crippen LogP contribution in [0.1, 0.15) is 21.5 Å². The molecule has 2 N–H and O–H groups in total. The first-order valence-electron chi connectivity index (χ1n) is 10.1. The average Bonchev–Trinajstić information content (AvgIpc) is 3.18. The van der Waals surface area contributed by atoms with Crippen LogP contribution < -0.4 is 14.8 Å². The molecule has 1 aliphatic heterocycles. The van der Waals surface area contributed by atoms with Gasteiger partial charge in [-0.05, 0) is 77.5 Å². The molecule has 0 aliphatic carbocycles. The Labute approximate surface area is 198 Å². The van der Waals surface area contributed by atoms with Crippen molar-refractivity contribution in [3.63, 3.8) is 0 Å². The second-order valence-corrected chi connectivity index (χ2v) is 8.19.